The van der Waals surface area contributed by atoms with Crippen LogP contribution in [0.1, 0.15) is 60.5 Å². The standard InChI is InChI=1S/C45H50N4O6Si/c1-44(2,3)56(6,7)55-38-28-40(49-27-26-37-41(46-30-47-42(37)49)48-43(50)31-14-10-8-11-15-31)54-39(38)29-53-45(32-16-12-9-13-17-32,33-18-22-35(51-4)23-19-33)34-20-24-36(52-5)25-21-34/h8-27,30,38-40H,28-29H2,1-7H3,(H,46,47,48,50)/t38-,39+,40+/m0/s1. The quantitative estimate of drug-likeness (QED) is 0.0915. The summed E-state index contributed by atoms with van der Waals surface area (Å²) in [7, 11) is 1.06. The average molecular weight is 771 g/mol. The van der Waals surface area contributed by atoms with Gasteiger partial charge >= 0.3 is 0 Å². The molecule has 1 saturated heterocycles. The molecule has 0 spiro atoms. The molecule has 1 aliphatic heterocycles. The molecular formula is C45H50N4O6Si. The normalized spacial score (nSPS) is 17.5. The van der Waals surface area contributed by atoms with Gasteiger partial charge in [0.25, 0.3) is 5.91 Å². The van der Waals surface area contributed by atoms with Crippen molar-refractivity contribution in [3.8, 4) is 11.5 Å². The molecule has 7 rings (SSSR count). The van der Waals surface area contributed by atoms with Crippen LogP contribution in [0.25, 0.3) is 11.0 Å². The van der Waals surface area contributed by atoms with Crippen molar-refractivity contribution in [1.29, 1.82) is 0 Å². The number of carbonyl (C=O) groups excluding carboxylic acids is 1. The van der Waals surface area contributed by atoms with Crippen molar-refractivity contribution in [3.63, 3.8) is 0 Å². The summed E-state index contributed by atoms with van der Waals surface area (Å²) >= 11 is 0. The topological polar surface area (TPSA) is 106 Å². The minimum absolute atomic E-state index is 0.0320. The van der Waals surface area contributed by atoms with Crippen molar-refractivity contribution in [2.45, 2.75) is 69.4 Å². The molecule has 290 valence electrons. The minimum Gasteiger partial charge on any atom is -0.497 e. The smallest absolute Gasteiger partial charge is 0.256 e. The third-order valence-electron chi connectivity index (χ3n) is 11.2. The van der Waals surface area contributed by atoms with Crippen LogP contribution in [-0.2, 0) is 19.5 Å². The zero-order valence-electron chi connectivity index (χ0n) is 33.1. The van der Waals surface area contributed by atoms with Gasteiger partial charge in [-0.3, -0.25) is 4.79 Å². The summed E-state index contributed by atoms with van der Waals surface area (Å²) in [4.78, 5) is 22.2. The van der Waals surface area contributed by atoms with E-state index in [0.29, 0.717) is 28.8 Å². The molecule has 0 unspecified atom stereocenters. The highest BCUT2D eigenvalue weighted by Crippen LogP contribution is 2.45. The Morgan fingerprint density at radius 1 is 0.804 bits per heavy atom. The number of hydrogen-bond donors (Lipinski definition) is 1. The molecule has 0 aliphatic carbocycles. The van der Waals surface area contributed by atoms with E-state index in [-0.39, 0.29) is 23.7 Å². The molecule has 0 bridgehead atoms. The van der Waals surface area contributed by atoms with Crippen LogP contribution in [0.3, 0.4) is 0 Å². The Bertz CT molecular complexity index is 2190. The van der Waals surface area contributed by atoms with E-state index < -0.39 is 26.3 Å². The van der Waals surface area contributed by atoms with Gasteiger partial charge in [-0.25, -0.2) is 9.97 Å². The van der Waals surface area contributed by atoms with E-state index in [1.807, 2.05) is 77.5 Å². The van der Waals surface area contributed by atoms with Crippen molar-refractivity contribution in [1.82, 2.24) is 14.5 Å². The van der Waals surface area contributed by atoms with Crippen molar-refractivity contribution in [2.75, 3.05) is 26.1 Å². The number of ether oxygens (including phenoxy) is 4. The number of fused-ring (bicyclic) bond motifs is 1. The first-order valence-corrected chi connectivity index (χ1v) is 21.8. The summed E-state index contributed by atoms with van der Waals surface area (Å²) in [6, 6.07) is 37.3. The van der Waals surface area contributed by atoms with Crippen LogP contribution < -0.4 is 14.8 Å². The van der Waals surface area contributed by atoms with Gasteiger partial charge in [-0.1, -0.05) is 93.6 Å². The van der Waals surface area contributed by atoms with Gasteiger partial charge in [-0.15, -0.1) is 0 Å². The predicted octanol–water partition coefficient (Wildman–Crippen LogP) is 9.39. The van der Waals surface area contributed by atoms with E-state index in [9.17, 15) is 4.79 Å². The summed E-state index contributed by atoms with van der Waals surface area (Å²) in [6.45, 7) is 11.5. The lowest BCUT2D eigenvalue weighted by Crippen LogP contribution is -2.47. The highest BCUT2D eigenvalue weighted by Gasteiger charge is 2.47. The number of aromatic nitrogens is 3. The zero-order valence-corrected chi connectivity index (χ0v) is 34.1. The molecule has 6 aromatic rings. The van der Waals surface area contributed by atoms with Crippen LogP contribution in [0.15, 0.2) is 128 Å². The first-order valence-electron chi connectivity index (χ1n) is 18.9. The number of nitrogens with zero attached hydrogens (tertiary/aromatic N) is 3. The maximum Gasteiger partial charge on any atom is 0.256 e. The zero-order chi connectivity index (χ0) is 39.5. The Hall–Kier alpha value is -5.33. The molecule has 56 heavy (non-hydrogen) atoms. The highest BCUT2D eigenvalue weighted by molar-refractivity contribution is 6.74. The molecule has 11 heteroatoms. The highest BCUT2D eigenvalue weighted by atomic mass is 28.4. The fourth-order valence-electron chi connectivity index (χ4n) is 7.05. The second-order valence-corrected chi connectivity index (χ2v) is 20.4. The third-order valence-corrected chi connectivity index (χ3v) is 15.7. The maximum absolute atomic E-state index is 13.1. The van der Waals surface area contributed by atoms with E-state index in [1.54, 1.807) is 26.4 Å². The number of rotatable bonds is 13. The van der Waals surface area contributed by atoms with Gasteiger partial charge in [0.15, 0.2) is 8.32 Å². The lowest BCUT2D eigenvalue weighted by Gasteiger charge is -2.40. The number of amides is 1. The van der Waals surface area contributed by atoms with Gasteiger partial charge in [-0.2, -0.15) is 0 Å². The number of benzene rings is 4. The molecule has 4 aromatic carbocycles. The Labute approximate surface area is 329 Å². The van der Waals surface area contributed by atoms with E-state index >= 15 is 0 Å². The number of anilines is 1. The fourth-order valence-corrected chi connectivity index (χ4v) is 8.41. The molecule has 3 heterocycles. The maximum atomic E-state index is 13.1. The van der Waals surface area contributed by atoms with E-state index in [0.717, 1.165) is 28.2 Å². The summed E-state index contributed by atoms with van der Waals surface area (Å²) in [5, 5.41) is 3.65. The molecule has 10 nitrogen and oxygen atoms in total. The van der Waals surface area contributed by atoms with Crippen LogP contribution in [0, 0.1) is 0 Å². The Balaban J connectivity index is 1.26. The summed E-state index contributed by atoms with van der Waals surface area (Å²) < 4.78 is 34.7. The van der Waals surface area contributed by atoms with E-state index in [2.05, 4.69) is 85.5 Å². The second kappa shape index (κ2) is 16.0. The summed E-state index contributed by atoms with van der Waals surface area (Å²) in [5.41, 5.74) is 3.00. The number of nitrogens with one attached hydrogen (secondary N) is 1. The first kappa shape index (κ1) is 38.9. The molecule has 2 aromatic heterocycles. The van der Waals surface area contributed by atoms with Crippen LogP contribution in [0.4, 0.5) is 5.82 Å². The molecule has 1 N–H and O–H groups in total. The SMILES string of the molecule is COc1ccc(C(OC[C@H]2O[C@@H](n3ccc4c(NC(=O)c5ccccc5)ncnc43)C[C@@H]2O[Si](C)(C)C(C)(C)C)(c2ccccc2)c2ccc(OC)cc2)cc1. The van der Waals surface area contributed by atoms with Crippen molar-refractivity contribution >= 4 is 31.1 Å². The van der Waals surface area contributed by atoms with E-state index in [4.69, 9.17) is 23.4 Å². The van der Waals surface area contributed by atoms with Crippen molar-refractivity contribution in [3.05, 3.63) is 150 Å². The van der Waals surface area contributed by atoms with Crippen LogP contribution in [-0.4, -0.2) is 61.8 Å². The van der Waals surface area contributed by atoms with Gasteiger partial charge < -0.3 is 33.3 Å². The predicted molar refractivity (Wildman–Crippen MR) is 221 cm³/mol. The van der Waals surface area contributed by atoms with Gasteiger partial charge in [0.05, 0.1) is 32.3 Å². The van der Waals surface area contributed by atoms with Crippen molar-refractivity contribution in [2.24, 2.45) is 0 Å². The second-order valence-electron chi connectivity index (χ2n) is 15.6. The number of hydrogen-bond acceptors (Lipinski definition) is 8. The fraction of sp³-hybridized carbons (Fsp3) is 0.311. The van der Waals surface area contributed by atoms with E-state index in [1.165, 1.54) is 6.33 Å². The molecule has 1 aliphatic rings. The summed E-state index contributed by atoms with van der Waals surface area (Å²) in [6.07, 6.45) is 2.84. The summed E-state index contributed by atoms with van der Waals surface area (Å²) in [5.74, 6) is 1.69. The minimum atomic E-state index is -2.27. The van der Waals surface area contributed by atoms with Crippen molar-refractivity contribution < 1.29 is 28.2 Å². The lowest BCUT2D eigenvalue weighted by molar-refractivity contribution is -0.0913. The molecule has 1 fully saturated rings. The number of methoxy groups -OCH3 is 2. The molecule has 0 radical (unpaired) electrons. The number of carbonyl (C=O) groups is 1. The van der Waals surface area contributed by atoms with Crippen LogP contribution in [0.2, 0.25) is 18.1 Å². The lowest BCUT2D eigenvalue weighted by atomic mass is 9.80. The Kier molecular flexibility index (Phi) is 11.1. The third kappa shape index (κ3) is 7.72. The van der Waals surface area contributed by atoms with Crippen LogP contribution >= 0.6 is 0 Å². The largest absolute Gasteiger partial charge is 0.497 e. The van der Waals surface area contributed by atoms with Crippen LogP contribution in [0.5, 0.6) is 11.5 Å². The van der Waals surface area contributed by atoms with Gasteiger partial charge in [0, 0.05) is 18.2 Å². The first-order chi connectivity index (χ1) is 26.9. The Morgan fingerprint density at radius 2 is 1.38 bits per heavy atom. The molecule has 0 saturated carbocycles. The Morgan fingerprint density at radius 3 is 1.95 bits per heavy atom. The van der Waals surface area contributed by atoms with Gasteiger partial charge in [0.1, 0.15) is 47.2 Å². The molecule has 1 amide bonds. The van der Waals surface area contributed by atoms with Gasteiger partial charge in [0.2, 0.25) is 0 Å². The van der Waals surface area contributed by atoms with Gasteiger partial charge in [-0.05, 0) is 77.3 Å². The average Bonchev–Trinajstić information content (AvgIpc) is 3.83. The molecular weight excluding hydrogens is 721 g/mol. The monoisotopic (exact) mass is 770 g/mol. The molecule has 3 atom stereocenters.